The summed E-state index contributed by atoms with van der Waals surface area (Å²) in [6.07, 6.45) is 2.98. The Hall–Kier alpha value is -2.98. The Kier molecular flexibility index (Phi) is 8.05. The number of methoxy groups -OCH3 is 1. The number of halogens is 1. The summed E-state index contributed by atoms with van der Waals surface area (Å²) in [5.74, 6) is 0.0315. The molecule has 0 unspecified atom stereocenters. The van der Waals surface area contributed by atoms with Gasteiger partial charge in [-0.3, -0.25) is 19.8 Å². The highest BCUT2D eigenvalue weighted by molar-refractivity contribution is 7.15. The zero-order valence-corrected chi connectivity index (χ0v) is 22.2. The van der Waals surface area contributed by atoms with Crippen molar-refractivity contribution in [1.82, 2.24) is 15.2 Å². The molecule has 1 atom stereocenters. The summed E-state index contributed by atoms with van der Waals surface area (Å²) in [5.41, 5.74) is 2.86. The van der Waals surface area contributed by atoms with Gasteiger partial charge >= 0.3 is 0 Å². The molecule has 2 aliphatic rings. The third-order valence-corrected chi connectivity index (χ3v) is 8.08. The van der Waals surface area contributed by atoms with Crippen LogP contribution in [0.4, 0.5) is 5.13 Å². The first kappa shape index (κ1) is 25.7. The normalized spacial score (nSPS) is 17.6. The van der Waals surface area contributed by atoms with Gasteiger partial charge in [0.15, 0.2) is 5.13 Å². The molecule has 194 valence electrons. The van der Waals surface area contributed by atoms with Gasteiger partial charge in [-0.05, 0) is 55.2 Å². The third-order valence-electron chi connectivity index (χ3n) is 6.75. The zero-order chi connectivity index (χ0) is 25.8. The second-order valence-electron chi connectivity index (χ2n) is 9.12. The van der Waals surface area contributed by atoms with Gasteiger partial charge in [-0.15, -0.1) is 11.3 Å². The Balaban J connectivity index is 1.18. The van der Waals surface area contributed by atoms with Gasteiger partial charge in [0, 0.05) is 41.7 Å². The maximum absolute atomic E-state index is 13.0. The topological polar surface area (TPSA) is 92.8 Å². The van der Waals surface area contributed by atoms with Crippen molar-refractivity contribution < 1.29 is 19.1 Å². The lowest BCUT2D eigenvalue weighted by atomic mass is 9.96. The van der Waals surface area contributed by atoms with E-state index in [9.17, 15) is 9.59 Å². The van der Waals surface area contributed by atoms with E-state index in [0.29, 0.717) is 33.1 Å². The maximum Gasteiger partial charge on any atom is 0.257 e. The molecule has 2 N–H and O–H groups in total. The van der Waals surface area contributed by atoms with Gasteiger partial charge < -0.3 is 14.8 Å². The van der Waals surface area contributed by atoms with Gasteiger partial charge in [0.2, 0.25) is 0 Å². The number of carbonyl (C=O) groups is 2. The predicted molar refractivity (Wildman–Crippen MR) is 144 cm³/mol. The van der Waals surface area contributed by atoms with Crippen LogP contribution >= 0.6 is 22.9 Å². The highest BCUT2D eigenvalue weighted by Gasteiger charge is 2.28. The number of aromatic nitrogens is 1. The minimum absolute atomic E-state index is 0.217. The molecule has 0 saturated carbocycles. The van der Waals surface area contributed by atoms with E-state index in [0.717, 1.165) is 56.8 Å². The number of hydrogen-bond acceptors (Lipinski definition) is 7. The van der Waals surface area contributed by atoms with Crippen molar-refractivity contribution in [2.24, 2.45) is 0 Å². The van der Waals surface area contributed by atoms with E-state index in [-0.39, 0.29) is 18.4 Å². The molecular weight excluding hydrogens is 512 g/mol. The number of amides is 2. The monoisotopic (exact) mass is 540 g/mol. The predicted octanol–water partition coefficient (Wildman–Crippen LogP) is 4.18. The molecule has 3 aromatic rings. The number of nitrogens with zero attached hydrogens (tertiary/aromatic N) is 2. The lowest BCUT2D eigenvalue weighted by Gasteiger charge is -2.36. The molecular formula is C27H29ClN4O4S. The molecule has 1 aliphatic carbocycles. The van der Waals surface area contributed by atoms with Gasteiger partial charge in [0.05, 0.1) is 31.0 Å². The second-order valence-corrected chi connectivity index (χ2v) is 10.6. The lowest BCUT2D eigenvalue weighted by molar-refractivity contribution is 0.0139. The van der Waals surface area contributed by atoms with Crippen molar-refractivity contribution in [1.29, 1.82) is 0 Å². The van der Waals surface area contributed by atoms with Crippen LogP contribution in [0.3, 0.4) is 0 Å². The Bertz CT molecular complexity index is 1290. The second kappa shape index (κ2) is 11.6. The maximum atomic E-state index is 13.0. The van der Waals surface area contributed by atoms with Crippen LogP contribution in [0.15, 0.2) is 42.5 Å². The number of hydrogen-bond donors (Lipinski definition) is 2. The number of anilines is 1. The third kappa shape index (κ3) is 6.13. The fourth-order valence-corrected chi connectivity index (χ4v) is 6.08. The standard InChI is InChI=1S/C27H29ClN4O4S/c1-35-23-8-5-19(14-21(23)28)25(33)29-16-17-3-2-4-18(13-17)26(34)31-27-30-22-7-6-20(15-24(22)37-27)32-9-11-36-12-10-32/h2-5,8,13-14,20H,6-7,9-12,15-16H2,1H3,(H,29,33)(H,30,31,34)/t20-/m0/s1. The van der Waals surface area contributed by atoms with E-state index in [4.69, 9.17) is 26.1 Å². The molecule has 1 aromatic heterocycles. The highest BCUT2D eigenvalue weighted by Crippen LogP contribution is 2.32. The number of carbonyl (C=O) groups excluding carboxylic acids is 2. The van der Waals surface area contributed by atoms with Crippen molar-refractivity contribution in [2.75, 3.05) is 38.7 Å². The number of benzene rings is 2. The van der Waals surface area contributed by atoms with Crippen LogP contribution in [0.1, 0.15) is 43.3 Å². The molecule has 1 saturated heterocycles. The number of fused-ring (bicyclic) bond motifs is 1. The average molecular weight is 541 g/mol. The summed E-state index contributed by atoms with van der Waals surface area (Å²) < 4.78 is 10.6. The van der Waals surface area contributed by atoms with Gasteiger partial charge in [-0.1, -0.05) is 23.7 Å². The summed E-state index contributed by atoms with van der Waals surface area (Å²) in [4.78, 5) is 34.0. The Morgan fingerprint density at radius 1 is 1.16 bits per heavy atom. The SMILES string of the molecule is COc1ccc(C(=O)NCc2cccc(C(=O)Nc3nc4c(s3)C[C@@H](N3CCOCC3)CC4)c2)cc1Cl. The molecule has 1 fully saturated rings. The van der Waals surface area contributed by atoms with E-state index in [1.807, 2.05) is 6.07 Å². The minimum Gasteiger partial charge on any atom is -0.495 e. The molecule has 0 radical (unpaired) electrons. The quantitative estimate of drug-likeness (QED) is 0.467. The molecule has 1 aliphatic heterocycles. The van der Waals surface area contributed by atoms with E-state index >= 15 is 0 Å². The number of nitrogens with one attached hydrogen (secondary N) is 2. The summed E-state index contributed by atoms with van der Waals surface area (Å²) in [5, 5.41) is 6.84. The smallest absolute Gasteiger partial charge is 0.257 e. The fourth-order valence-electron chi connectivity index (χ4n) is 4.75. The number of rotatable bonds is 7. The Labute approximate surface area is 224 Å². The zero-order valence-electron chi connectivity index (χ0n) is 20.6. The lowest BCUT2D eigenvalue weighted by Crippen LogP contribution is -2.45. The number of thiazole rings is 1. The summed E-state index contributed by atoms with van der Waals surface area (Å²) in [6.45, 7) is 3.83. The highest BCUT2D eigenvalue weighted by atomic mass is 35.5. The average Bonchev–Trinajstić information content (AvgIpc) is 3.33. The van der Waals surface area contributed by atoms with Crippen LogP contribution in [0.25, 0.3) is 0 Å². The molecule has 37 heavy (non-hydrogen) atoms. The van der Waals surface area contributed by atoms with Crippen molar-refractivity contribution in [2.45, 2.75) is 31.8 Å². The molecule has 8 nitrogen and oxygen atoms in total. The number of ether oxygens (including phenoxy) is 2. The summed E-state index contributed by atoms with van der Waals surface area (Å²) in [7, 11) is 1.52. The summed E-state index contributed by atoms with van der Waals surface area (Å²) in [6, 6.07) is 12.6. The van der Waals surface area contributed by atoms with Crippen molar-refractivity contribution in [3.63, 3.8) is 0 Å². The molecule has 0 bridgehead atoms. The van der Waals surface area contributed by atoms with Crippen LogP contribution in [0.5, 0.6) is 5.75 Å². The van der Waals surface area contributed by atoms with Gasteiger partial charge in [-0.25, -0.2) is 4.98 Å². The fraction of sp³-hybridized carbons (Fsp3) is 0.370. The Morgan fingerprint density at radius 2 is 1.97 bits per heavy atom. The van der Waals surface area contributed by atoms with Crippen molar-refractivity contribution in [3.05, 3.63) is 74.7 Å². The van der Waals surface area contributed by atoms with Crippen LogP contribution in [-0.2, 0) is 24.1 Å². The first-order valence-electron chi connectivity index (χ1n) is 12.3. The van der Waals surface area contributed by atoms with E-state index in [1.165, 1.54) is 12.0 Å². The van der Waals surface area contributed by atoms with Crippen LogP contribution in [-0.4, -0.2) is 61.2 Å². The van der Waals surface area contributed by atoms with Crippen LogP contribution < -0.4 is 15.4 Å². The first-order chi connectivity index (χ1) is 18.0. The van der Waals surface area contributed by atoms with E-state index in [1.54, 1.807) is 47.7 Å². The number of morpholine rings is 1. The van der Waals surface area contributed by atoms with Crippen LogP contribution in [0.2, 0.25) is 5.02 Å². The van der Waals surface area contributed by atoms with Crippen LogP contribution in [0, 0.1) is 0 Å². The van der Waals surface area contributed by atoms with Gasteiger partial charge in [0.1, 0.15) is 5.75 Å². The number of aryl methyl sites for hydroxylation is 1. The van der Waals surface area contributed by atoms with Crippen molar-refractivity contribution >= 4 is 39.9 Å². The minimum atomic E-state index is -0.261. The first-order valence-corrected chi connectivity index (χ1v) is 13.5. The molecule has 5 rings (SSSR count). The molecule has 0 spiro atoms. The molecule has 2 amide bonds. The Morgan fingerprint density at radius 3 is 2.76 bits per heavy atom. The summed E-state index contributed by atoms with van der Waals surface area (Å²) >= 11 is 7.70. The van der Waals surface area contributed by atoms with E-state index in [2.05, 4.69) is 15.5 Å². The van der Waals surface area contributed by atoms with Gasteiger partial charge in [0.25, 0.3) is 11.8 Å². The molecule has 2 aromatic carbocycles. The van der Waals surface area contributed by atoms with Gasteiger partial charge in [-0.2, -0.15) is 0 Å². The van der Waals surface area contributed by atoms with Crippen molar-refractivity contribution in [3.8, 4) is 5.75 Å². The molecule has 10 heteroatoms. The molecule has 2 heterocycles. The van der Waals surface area contributed by atoms with E-state index < -0.39 is 0 Å². The largest absolute Gasteiger partial charge is 0.495 e.